The predicted molar refractivity (Wildman–Crippen MR) is 68.4 cm³/mol. The summed E-state index contributed by atoms with van der Waals surface area (Å²) in [6, 6.07) is 5.49. The molecule has 4 heteroatoms. The zero-order valence-corrected chi connectivity index (χ0v) is 11.1. The fourth-order valence-corrected chi connectivity index (χ4v) is 1.63. The van der Waals surface area contributed by atoms with E-state index in [9.17, 15) is 9.90 Å². The molecule has 18 heavy (non-hydrogen) atoms. The molecule has 0 heterocycles. The number of carbonyl (C=O) groups excluding carboxylic acids is 1. The second-order valence-electron chi connectivity index (χ2n) is 4.04. The Hall–Kier alpha value is -1.55. The Bertz CT molecular complexity index is 401. The van der Waals surface area contributed by atoms with Gasteiger partial charge in [-0.15, -0.1) is 0 Å². The van der Waals surface area contributed by atoms with Crippen LogP contribution in [0.4, 0.5) is 0 Å². The summed E-state index contributed by atoms with van der Waals surface area (Å²) in [6.07, 6.45) is -0.102. The second-order valence-corrected chi connectivity index (χ2v) is 4.04. The summed E-state index contributed by atoms with van der Waals surface area (Å²) in [6.45, 7) is 5.77. The van der Waals surface area contributed by atoms with Gasteiger partial charge in [0.05, 0.1) is 13.2 Å². The maximum atomic E-state index is 11.6. The molecule has 0 spiro atoms. The lowest BCUT2D eigenvalue weighted by Gasteiger charge is -2.18. The molecular weight excluding hydrogens is 232 g/mol. The first kappa shape index (κ1) is 14.5. The lowest BCUT2D eigenvalue weighted by atomic mass is 10.1. The van der Waals surface area contributed by atoms with Crippen LogP contribution in [0.5, 0.6) is 5.75 Å². The zero-order valence-electron chi connectivity index (χ0n) is 11.1. The molecule has 1 aromatic rings. The number of hydrogen-bond donors (Lipinski definition) is 1. The van der Waals surface area contributed by atoms with Crippen molar-refractivity contribution < 1.29 is 19.4 Å². The molecule has 0 aliphatic rings. The highest BCUT2D eigenvalue weighted by Crippen LogP contribution is 2.22. The van der Waals surface area contributed by atoms with Gasteiger partial charge >= 0.3 is 5.97 Å². The van der Waals surface area contributed by atoms with Gasteiger partial charge in [-0.05, 0) is 26.3 Å². The Labute approximate surface area is 108 Å². The molecule has 0 aliphatic heterocycles. The highest BCUT2D eigenvalue weighted by Gasteiger charge is 2.20. The van der Waals surface area contributed by atoms with Crippen LogP contribution in [0.3, 0.4) is 0 Å². The summed E-state index contributed by atoms with van der Waals surface area (Å²) >= 11 is 0. The molecule has 100 valence electrons. The Kier molecular flexibility index (Phi) is 5.65. The molecule has 0 fully saturated rings. The molecule has 1 rings (SSSR count). The van der Waals surface area contributed by atoms with E-state index in [1.165, 1.54) is 0 Å². The number of ether oxygens (including phenoxy) is 2. The molecule has 0 radical (unpaired) electrons. The standard InChI is InChI=1S/C14H20O4/c1-4-12(14(16)17-5-2)18-13-7-6-10(3)8-11(13)9-15/h6-8,12,15H,4-5,9H2,1-3H3. The van der Waals surface area contributed by atoms with Crippen molar-refractivity contribution in [2.45, 2.75) is 39.9 Å². The SMILES string of the molecule is CCOC(=O)C(CC)Oc1ccc(C)cc1CO. The third-order valence-corrected chi connectivity index (χ3v) is 2.58. The number of carbonyl (C=O) groups is 1. The maximum Gasteiger partial charge on any atom is 0.347 e. The number of rotatable bonds is 6. The van der Waals surface area contributed by atoms with Crippen molar-refractivity contribution in [2.24, 2.45) is 0 Å². The molecule has 1 N–H and O–H groups in total. The number of benzene rings is 1. The van der Waals surface area contributed by atoms with Gasteiger partial charge in [-0.1, -0.05) is 24.6 Å². The molecular formula is C14H20O4. The van der Waals surface area contributed by atoms with Gasteiger partial charge in [0.1, 0.15) is 5.75 Å². The molecule has 0 saturated carbocycles. The zero-order chi connectivity index (χ0) is 13.5. The van der Waals surface area contributed by atoms with Gasteiger partial charge in [-0.25, -0.2) is 4.79 Å². The summed E-state index contributed by atoms with van der Waals surface area (Å²) in [4.78, 5) is 11.6. The van der Waals surface area contributed by atoms with Crippen molar-refractivity contribution in [2.75, 3.05) is 6.61 Å². The van der Waals surface area contributed by atoms with Crippen molar-refractivity contribution in [3.63, 3.8) is 0 Å². The Morgan fingerprint density at radius 2 is 2.11 bits per heavy atom. The van der Waals surface area contributed by atoms with Gasteiger partial charge in [0.25, 0.3) is 0 Å². The van der Waals surface area contributed by atoms with Gasteiger partial charge in [-0.3, -0.25) is 0 Å². The van der Waals surface area contributed by atoms with Crippen LogP contribution in [-0.4, -0.2) is 23.8 Å². The first-order valence-electron chi connectivity index (χ1n) is 6.16. The molecule has 0 aliphatic carbocycles. The van der Waals surface area contributed by atoms with Crippen LogP contribution in [0.25, 0.3) is 0 Å². The van der Waals surface area contributed by atoms with Crippen LogP contribution in [0.1, 0.15) is 31.4 Å². The lowest BCUT2D eigenvalue weighted by Crippen LogP contribution is -2.29. The molecule has 1 unspecified atom stereocenters. The first-order valence-corrected chi connectivity index (χ1v) is 6.16. The molecule has 0 aromatic heterocycles. The van der Waals surface area contributed by atoms with Crippen molar-refractivity contribution >= 4 is 5.97 Å². The summed E-state index contributed by atoms with van der Waals surface area (Å²) in [5.41, 5.74) is 1.72. The fourth-order valence-electron chi connectivity index (χ4n) is 1.63. The van der Waals surface area contributed by atoms with Gasteiger partial charge in [0, 0.05) is 5.56 Å². The molecule has 1 atom stereocenters. The molecule has 1 aromatic carbocycles. The summed E-state index contributed by atoms with van der Waals surface area (Å²) in [7, 11) is 0. The van der Waals surface area contributed by atoms with Gasteiger partial charge < -0.3 is 14.6 Å². The molecule has 0 bridgehead atoms. The Morgan fingerprint density at radius 3 is 2.67 bits per heavy atom. The number of aliphatic hydroxyl groups excluding tert-OH is 1. The van der Waals surface area contributed by atoms with Crippen LogP contribution in [0, 0.1) is 6.92 Å². The van der Waals surface area contributed by atoms with Crippen molar-refractivity contribution in [1.29, 1.82) is 0 Å². The average molecular weight is 252 g/mol. The van der Waals surface area contributed by atoms with E-state index >= 15 is 0 Å². The molecule has 0 amide bonds. The average Bonchev–Trinajstić information content (AvgIpc) is 2.37. The van der Waals surface area contributed by atoms with Crippen LogP contribution >= 0.6 is 0 Å². The van der Waals surface area contributed by atoms with Crippen LogP contribution < -0.4 is 4.74 Å². The van der Waals surface area contributed by atoms with E-state index in [0.29, 0.717) is 24.3 Å². The largest absolute Gasteiger partial charge is 0.478 e. The van der Waals surface area contributed by atoms with E-state index in [-0.39, 0.29) is 12.6 Å². The van der Waals surface area contributed by atoms with E-state index in [0.717, 1.165) is 5.56 Å². The second kappa shape index (κ2) is 7.01. The smallest absolute Gasteiger partial charge is 0.347 e. The van der Waals surface area contributed by atoms with Crippen LogP contribution in [-0.2, 0) is 16.1 Å². The predicted octanol–water partition coefficient (Wildman–Crippen LogP) is 2.21. The first-order chi connectivity index (χ1) is 8.62. The minimum Gasteiger partial charge on any atom is -0.478 e. The summed E-state index contributed by atoms with van der Waals surface area (Å²) < 4.78 is 10.6. The van der Waals surface area contributed by atoms with Gasteiger partial charge in [0.15, 0.2) is 6.10 Å². The normalized spacial score (nSPS) is 12.0. The minimum absolute atomic E-state index is 0.115. The summed E-state index contributed by atoms with van der Waals surface area (Å²) in [5, 5.41) is 9.27. The third kappa shape index (κ3) is 3.74. The molecule has 0 saturated heterocycles. The lowest BCUT2D eigenvalue weighted by molar-refractivity contribution is -0.151. The van der Waals surface area contributed by atoms with Crippen molar-refractivity contribution in [1.82, 2.24) is 0 Å². The molecule has 4 nitrogen and oxygen atoms in total. The number of aliphatic hydroxyl groups is 1. The van der Waals surface area contributed by atoms with E-state index < -0.39 is 6.10 Å². The van der Waals surface area contributed by atoms with Gasteiger partial charge in [0.2, 0.25) is 0 Å². The number of hydrogen-bond acceptors (Lipinski definition) is 4. The van der Waals surface area contributed by atoms with Crippen LogP contribution in [0.2, 0.25) is 0 Å². The fraction of sp³-hybridized carbons (Fsp3) is 0.500. The topological polar surface area (TPSA) is 55.8 Å². The minimum atomic E-state index is -0.627. The Balaban J connectivity index is 2.84. The highest BCUT2D eigenvalue weighted by atomic mass is 16.6. The highest BCUT2D eigenvalue weighted by molar-refractivity contribution is 5.75. The monoisotopic (exact) mass is 252 g/mol. The summed E-state index contributed by atoms with van der Waals surface area (Å²) in [5.74, 6) is 0.160. The third-order valence-electron chi connectivity index (χ3n) is 2.58. The maximum absolute atomic E-state index is 11.6. The number of esters is 1. The van der Waals surface area contributed by atoms with Gasteiger partial charge in [-0.2, -0.15) is 0 Å². The van der Waals surface area contributed by atoms with Crippen molar-refractivity contribution in [3.8, 4) is 5.75 Å². The van der Waals surface area contributed by atoms with E-state index in [1.54, 1.807) is 13.0 Å². The van der Waals surface area contributed by atoms with E-state index in [1.807, 2.05) is 26.0 Å². The van der Waals surface area contributed by atoms with Crippen molar-refractivity contribution in [3.05, 3.63) is 29.3 Å². The van der Waals surface area contributed by atoms with Crippen LogP contribution in [0.15, 0.2) is 18.2 Å². The quantitative estimate of drug-likeness (QED) is 0.789. The van der Waals surface area contributed by atoms with E-state index in [4.69, 9.17) is 9.47 Å². The van der Waals surface area contributed by atoms with E-state index in [2.05, 4.69) is 0 Å². The Morgan fingerprint density at radius 1 is 1.39 bits per heavy atom. The number of aryl methyl sites for hydroxylation is 1.